The first-order valence-corrected chi connectivity index (χ1v) is 11.1. The molecule has 6 nitrogen and oxygen atoms in total. The maximum absolute atomic E-state index is 13.2. The number of hydrogen-bond acceptors (Lipinski definition) is 4. The van der Waals surface area contributed by atoms with Gasteiger partial charge in [0.2, 0.25) is 11.8 Å². The second kappa shape index (κ2) is 9.61. The quantitative estimate of drug-likeness (QED) is 0.768. The Hall–Kier alpha value is -2.39. The van der Waals surface area contributed by atoms with Gasteiger partial charge in [-0.2, -0.15) is 5.26 Å². The van der Waals surface area contributed by atoms with Gasteiger partial charge in [-0.05, 0) is 37.0 Å². The Bertz CT molecular complexity index is 791. The highest BCUT2D eigenvalue weighted by Gasteiger charge is 2.35. The highest BCUT2D eigenvalue weighted by molar-refractivity contribution is 5.84. The lowest BCUT2D eigenvalue weighted by Crippen LogP contribution is -2.50. The average Bonchev–Trinajstić information content (AvgIpc) is 2.98. The van der Waals surface area contributed by atoms with Crippen LogP contribution in [0.1, 0.15) is 51.2 Å². The number of carbonyl (C=O) groups excluding carboxylic acids is 2. The van der Waals surface area contributed by atoms with Crippen molar-refractivity contribution in [3.8, 4) is 6.07 Å². The van der Waals surface area contributed by atoms with Crippen molar-refractivity contribution in [2.75, 3.05) is 39.3 Å². The number of amides is 2. The molecule has 3 rings (SSSR count). The van der Waals surface area contributed by atoms with Crippen molar-refractivity contribution >= 4 is 11.8 Å². The van der Waals surface area contributed by atoms with E-state index in [0.717, 1.165) is 58.5 Å². The summed E-state index contributed by atoms with van der Waals surface area (Å²) in [7, 11) is 0. The van der Waals surface area contributed by atoms with Gasteiger partial charge in [0.25, 0.3) is 0 Å². The molecule has 0 aliphatic carbocycles. The molecule has 0 saturated carbocycles. The summed E-state index contributed by atoms with van der Waals surface area (Å²) in [6, 6.07) is 9.89. The second-order valence-electron chi connectivity index (χ2n) is 9.60. The molecule has 1 aromatic carbocycles. The van der Waals surface area contributed by atoms with Crippen molar-refractivity contribution in [3.05, 3.63) is 35.4 Å². The second-order valence-corrected chi connectivity index (χ2v) is 9.60. The van der Waals surface area contributed by atoms with Crippen LogP contribution in [0.15, 0.2) is 24.3 Å². The Kier molecular flexibility index (Phi) is 7.14. The molecule has 1 atom stereocenters. The largest absolute Gasteiger partial charge is 0.341 e. The van der Waals surface area contributed by atoms with Crippen LogP contribution in [0, 0.1) is 22.7 Å². The molecule has 30 heavy (non-hydrogen) atoms. The molecule has 2 fully saturated rings. The Balaban J connectivity index is 1.54. The first-order valence-electron chi connectivity index (χ1n) is 11.1. The van der Waals surface area contributed by atoms with E-state index in [-0.39, 0.29) is 17.7 Å². The topological polar surface area (TPSA) is 67.7 Å². The predicted octanol–water partition coefficient (Wildman–Crippen LogP) is 2.88. The summed E-state index contributed by atoms with van der Waals surface area (Å²) < 4.78 is 0. The molecule has 2 heterocycles. The molecule has 2 saturated heterocycles. The lowest BCUT2D eigenvalue weighted by molar-refractivity contribution is -0.145. The molecule has 162 valence electrons. The van der Waals surface area contributed by atoms with Gasteiger partial charge >= 0.3 is 0 Å². The number of rotatable bonds is 3. The molecule has 2 amide bonds. The first kappa shape index (κ1) is 22.3. The van der Waals surface area contributed by atoms with Crippen molar-refractivity contribution < 1.29 is 9.59 Å². The fraction of sp³-hybridized carbons (Fsp3) is 0.625. The van der Waals surface area contributed by atoms with Crippen molar-refractivity contribution in [3.63, 3.8) is 0 Å². The molecule has 0 radical (unpaired) electrons. The molecule has 2 aliphatic rings. The molecule has 2 aliphatic heterocycles. The van der Waals surface area contributed by atoms with E-state index in [1.54, 1.807) is 0 Å². The molecule has 0 aromatic heterocycles. The van der Waals surface area contributed by atoms with Gasteiger partial charge in [0, 0.05) is 51.2 Å². The molecular formula is C24H34N4O2. The summed E-state index contributed by atoms with van der Waals surface area (Å²) in [5.41, 5.74) is 1.47. The molecule has 1 unspecified atom stereocenters. The molecule has 1 aromatic rings. The van der Waals surface area contributed by atoms with Gasteiger partial charge in [-0.25, -0.2) is 0 Å². The maximum atomic E-state index is 13.2. The molecule has 6 heteroatoms. The van der Waals surface area contributed by atoms with Crippen LogP contribution in [0.3, 0.4) is 0 Å². The fourth-order valence-corrected chi connectivity index (χ4v) is 4.39. The van der Waals surface area contributed by atoms with Gasteiger partial charge in [-0.3, -0.25) is 14.5 Å². The third-order valence-corrected chi connectivity index (χ3v) is 6.09. The van der Waals surface area contributed by atoms with E-state index in [9.17, 15) is 9.59 Å². The van der Waals surface area contributed by atoms with Gasteiger partial charge in [0.1, 0.15) is 0 Å². The van der Waals surface area contributed by atoms with Crippen LogP contribution in [0.2, 0.25) is 0 Å². The molecule has 0 spiro atoms. The Morgan fingerprint density at radius 1 is 1.00 bits per heavy atom. The van der Waals surface area contributed by atoms with Crippen LogP contribution in [0.5, 0.6) is 0 Å². The number of nitriles is 1. The Morgan fingerprint density at radius 3 is 2.37 bits per heavy atom. The summed E-state index contributed by atoms with van der Waals surface area (Å²) in [4.78, 5) is 32.1. The standard InChI is InChI=1S/C24H34N4O2/c1-24(2,3)23(30)28-12-4-6-21(18-28)22(29)27-13-5-11-26(14-15-27)17-20-9-7-19(16-25)8-10-20/h7-10,21H,4-6,11-15,17-18H2,1-3H3. The number of nitrogens with zero attached hydrogens (tertiary/aromatic N) is 4. The zero-order valence-electron chi connectivity index (χ0n) is 18.6. The van der Waals surface area contributed by atoms with E-state index in [0.29, 0.717) is 12.1 Å². The third-order valence-electron chi connectivity index (χ3n) is 6.09. The van der Waals surface area contributed by atoms with Crippen molar-refractivity contribution in [2.24, 2.45) is 11.3 Å². The Labute approximate surface area is 180 Å². The lowest BCUT2D eigenvalue weighted by Gasteiger charge is -2.37. The summed E-state index contributed by atoms with van der Waals surface area (Å²) in [6.07, 6.45) is 2.73. The number of benzene rings is 1. The van der Waals surface area contributed by atoms with E-state index >= 15 is 0 Å². The van der Waals surface area contributed by atoms with Gasteiger partial charge in [-0.1, -0.05) is 32.9 Å². The highest BCUT2D eigenvalue weighted by atomic mass is 16.2. The van der Waals surface area contributed by atoms with Crippen LogP contribution in [-0.4, -0.2) is 65.8 Å². The molecule has 0 N–H and O–H groups in total. The maximum Gasteiger partial charge on any atom is 0.227 e. The third kappa shape index (κ3) is 5.60. The van der Waals surface area contributed by atoms with Crippen molar-refractivity contribution in [1.82, 2.24) is 14.7 Å². The minimum absolute atomic E-state index is 0.0740. The van der Waals surface area contributed by atoms with Gasteiger partial charge in [0.05, 0.1) is 17.6 Å². The number of piperidine rings is 1. The average molecular weight is 411 g/mol. The van der Waals surface area contributed by atoms with Crippen LogP contribution in [0.4, 0.5) is 0 Å². The van der Waals surface area contributed by atoms with Gasteiger partial charge < -0.3 is 9.80 Å². The zero-order valence-corrected chi connectivity index (χ0v) is 18.6. The van der Waals surface area contributed by atoms with E-state index in [4.69, 9.17) is 5.26 Å². The SMILES string of the molecule is CC(C)(C)C(=O)N1CCCC(C(=O)N2CCCN(Cc3ccc(C#N)cc3)CC2)C1. The lowest BCUT2D eigenvalue weighted by atomic mass is 9.90. The van der Waals surface area contributed by atoms with Crippen LogP contribution >= 0.6 is 0 Å². The van der Waals surface area contributed by atoms with Crippen LogP contribution < -0.4 is 0 Å². The fourth-order valence-electron chi connectivity index (χ4n) is 4.39. The van der Waals surface area contributed by atoms with E-state index < -0.39 is 5.41 Å². The predicted molar refractivity (Wildman–Crippen MR) is 116 cm³/mol. The van der Waals surface area contributed by atoms with Gasteiger partial charge in [-0.15, -0.1) is 0 Å². The van der Waals surface area contributed by atoms with E-state index in [1.165, 1.54) is 5.56 Å². The van der Waals surface area contributed by atoms with Crippen LogP contribution in [-0.2, 0) is 16.1 Å². The van der Waals surface area contributed by atoms with E-state index in [1.807, 2.05) is 54.8 Å². The molecular weight excluding hydrogens is 376 g/mol. The minimum Gasteiger partial charge on any atom is -0.341 e. The number of carbonyl (C=O) groups is 2. The first-order chi connectivity index (χ1) is 14.3. The minimum atomic E-state index is -0.403. The summed E-state index contributed by atoms with van der Waals surface area (Å²) in [5, 5.41) is 8.94. The highest BCUT2D eigenvalue weighted by Crippen LogP contribution is 2.25. The summed E-state index contributed by atoms with van der Waals surface area (Å²) in [5.74, 6) is 0.279. The number of hydrogen-bond donors (Lipinski definition) is 0. The summed E-state index contributed by atoms with van der Waals surface area (Å²) >= 11 is 0. The van der Waals surface area contributed by atoms with Crippen molar-refractivity contribution in [2.45, 2.75) is 46.6 Å². The normalized spacial score (nSPS) is 21.1. The Morgan fingerprint density at radius 2 is 1.70 bits per heavy atom. The van der Waals surface area contributed by atoms with E-state index in [2.05, 4.69) is 11.0 Å². The molecule has 0 bridgehead atoms. The van der Waals surface area contributed by atoms with Gasteiger partial charge in [0.15, 0.2) is 0 Å². The monoisotopic (exact) mass is 410 g/mol. The summed E-state index contributed by atoms with van der Waals surface area (Å²) in [6.45, 7) is 11.3. The van der Waals surface area contributed by atoms with Crippen molar-refractivity contribution in [1.29, 1.82) is 5.26 Å². The van der Waals surface area contributed by atoms with Crippen LogP contribution in [0.25, 0.3) is 0 Å². The smallest absolute Gasteiger partial charge is 0.227 e. The number of likely N-dealkylation sites (tertiary alicyclic amines) is 1. The zero-order chi connectivity index (χ0) is 21.7.